The molecule has 44 heavy (non-hydrogen) atoms. The van der Waals surface area contributed by atoms with Gasteiger partial charge in [0.05, 0.1) is 54.2 Å². The van der Waals surface area contributed by atoms with Gasteiger partial charge in [-0.2, -0.15) is 0 Å². The predicted octanol–water partition coefficient (Wildman–Crippen LogP) is 6.37. The summed E-state index contributed by atoms with van der Waals surface area (Å²) < 4.78 is 61.7. The van der Waals surface area contributed by atoms with Crippen LogP contribution in [0.4, 0.5) is 0 Å². The van der Waals surface area contributed by atoms with Crippen LogP contribution in [0.25, 0.3) is 0 Å². The quantitative estimate of drug-likeness (QED) is 0.181. The summed E-state index contributed by atoms with van der Waals surface area (Å²) in [4.78, 5) is 0. The molecule has 232 valence electrons. The lowest BCUT2D eigenvalue weighted by molar-refractivity contribution is 0.389. The molecule has 0 spiro atoms. The Labute approximate surface area is 259 Å². The zero-order valence-electron chi connectivity index (χ0n) is 25.8. The van der Waals surface area contributed by atoms with Crippen LogP contribution in [0.15, 0.2) is 78.9 Å². The summed E-state index contributed by atoms with van der Waals surface area (Å²) in [6.07, 6.45) is 0. The maximum absolute atomic E-state index is 14.0. The van der Waals surface area contributed by atoms with Gasteiger partial charge in [-0.3, -0.25) is 0 Å². The van der Waals surface area contributed by atoms with Crippen molar-refractivity contribution >= 4 is 9.84 Å². The molecule has 3 atom stereocenters. The van der Waals surface area contributed by atoms with Gasteiger partial charge in [0.1, 0.15) is 34.5 Å². The van der Waals surface area contributed by atoms with E-state index in [0.717, 1.165) is 28.0 Å². The first-order chi connectivity index (χ1) is 21.2. The Morgan fingerprint density at radius 3 is 1.61 bits per heavy atom. The lowest BCUT2D eigenvalue weighted by atomic mass is 9.78. The third-order valence-corrected chi connectivity index (χ3v) is 9.96. The molecule has 0 aromatic heterocycles. The summed E-state index contributed by atoms with van der Waals surface area (Å²) >= 11 is 0. The van der Waals surface area contributed by atoms with E-state index in [1.165, 1.54) is 0 Å². The third-order valence-electron chi connectivity index (χ3n) is 8.32. The molecule has 0 N–H and O–H groups in total. The molecule has 5 rings (SSSR count). The summed E-state index contributed by atoms with van der Waals surface area (Å²) in [7, 11) is 6.02. The number of methoxy groups -OCH3 is 6. The van der Waals surface area contributed by atoms with Crippen molar-refractivity contribution in [3.8, 4) is 34.5 Å². The van der Waals surface area contributed by atoms with Crippen LogP contribution in [0.5, 0.6) is 34.5 Å². The highest BCUT2D eigenvalue weighted by Gasteiger charge is 2.46. The molecular formula is C35H38O8S. The fraction of sp³-hybridized carbons (Fsp3) is 0.314. The van der Waals surface area contributed by atoms with Crippen molar-refractivity contribution in [2.45, 2.75) is 23.5 Å². The normalized spacial score (nSPS) is 17.5. The minimum absolute atomic E-state index is 0.0980. The van der Waals surface area contributed by atoms with E-state index in [9.17, 15) is 8.42 Å². The topological polar surface area (TPSA) is 89.5 Å². The first-order valence-corrected chi connectivity index (χ1v) is 16.0. The second kappa shape index (κ2) is 13.1. The Balaban J connectivity index is 1.71. The summed E-state index contributed by atoms with van der Waals surface area (Å²) in [6.45, 7) is 0. The fourth-order valence-electron chi connectivity index (χ4n) is 6.29. The van der Waals surface area contributed by atoms with E-state index in [1.807, 2.05) is 54.6 Å². The van der Waals surface area contributed by atoms with E-state index in [-0.39, 0.29) is 23.3 Å². The van der Waals surface area contributed by atoms with Gasteiger partial charge < -0.3 is 28.4 Å². The molecule has 8 nitrogen and oxygen atoms in total. The van der Waals surface area contributed by atoms with Gasteiger partial charge in [-0.1, -0.05) is 24.3 Å². The summed E-state index contributed by atoms with van der Waals surface area (Å²) in [6, 6.07) is 24.5. The number of benzene rings is 4. The Morgan fingerprint density at radius 2 is 1.09 bits per heavy atom. The van der Waals surface area contributed by atoms with Gasteiger partial charge in [0, 0.05) is 35.4 Å². The highest BCUT2D eigenvalue weighted by molar-refractivity contribution is 7.90. The third kappa shape index (κ3) is 6.28. The van der Waals surface area contributed by atoms with Gasteiger partial charge in [-0.25, -0.2) is 8.42 Å². The standard InChI is InChI=1S/C35H38O8S/c1-38-25-11-7-22(8-12-25)20-44(36,37)21-31-30-18-29(42-5)19-32(43-6)35(30)34(23-9-13-26(39-2)14-10-23)33(31)24-15-27(40-3)17-28(16-24)41-4/h7-19,31,33-34H,20-21H2,1-6H3/t31?,33-,34+/m1/s1. The smallest absolute Gasteiger partial charge is 0.155 e. The van der Waals surface area contributed by atoms with Crippen LogP contribution in [-0.4, -0.2) is 56.8 Å². The van der Waals surface area contributed by atoms with E-state index in [1.54, 1.807) is 66.9 Å². The number of fused-ring (bicyclic) bond motifs is 1. The second-order valence-electron chi connectivity index (χ2n) is 10.8. The lowest BCUT2D eigenvalue weighted by Gasteiger charge is -2.28. The van der Waals surface area contributed by atoms with Crippen molar-refractivity contribution in [2.24, 2.45) is 0 Å². The Bertz CT molecular complexity index is 1680. The highest BCUT2D eigenvalue weighted by Crippen LogP contribution is 2.59. The van der Waals surface area contributed by atoms with Crippen LogP contribution in [0.1, 0.15) is 45.6 Å². The molecule has 0 radical (unpaired) electrons. The number of hydrogen-bond donors (Lipinski definition) is 0. The SMILES string of the molecule is COc1ccc(CS(=O)(=O)CC2c3cc(OC)cc(OC)c3[C@@H](c3ccc(OC)cc3)[C@@H]2c2cc(OC)cc(OC)c2)cc1. The van der Waals surface area contributed by atoms with Crippen LogP contribution in [0.3, 0.4) is 0 Å². The van der Waals surface area contributed by atoms with E-state index in [0.29, 0.717) is 34.3 Å². The van der Waals surface area contributed by atoms with Crippen molar-refractivity contribution in [1.29, 1.82) is 0 Å². The zero-order chi connectivity index (χ0) is 31.4. The van der Waals surface area contributed by atoms with E-state index in [2.05, 4.69) is 0 Å². The Kier molecular flexibility index (Phi) is 9.25. The van der Waals surface area contributed by atoms with Crippen LogP contribution < -0.4 is 28.4 Å². The van der Waals surface area contributed by atoms with E-state index in [4.69, 9.17) is 28.4 Å². The predicted molar refractivity (Wildman–Crippen MR) is 170 cm³/mol. The van der Waals surface area contributed by atoms with Crippen LogP contribution in [-0.2, 0) is 15.6 Å². The average molecular weight is 619 g/mol. The minimum atomic E-state index is -3.61. The van der Waals surface area contributed by atoms with Crippen molar-refractivity contribution in [2.75, 3.05) is 48.4 Å². The van der Waals surface area contributed by atoms with Gasteiger partial charge in [0.15, 0.2) is 9.84 Å². The van der Waals surface area contributed by atoms with Crippen molar-refractivity contribution in [1.82, 2.24) is 0 Å². The number of ether oxygens (including phenoxy) is 6. The molecule has 0 bridgehead atoms. The monoisotopic (exact) mass is 618 g/mol. The minimum Gasteiger partial charge on any atom is -0.497 e. The van der Waals surface area contributed by atoms with E-state index < -0.39 is 15.8 Å². The molecule has 9 heteroatoms. The molecule has 0 amide bonds. The number of sulfone groups is 1. The first kappa shape index (κ1) is 31.1. The molecular weight excluding hydrogens is 580 g/mol. The highest BCUT2D eigenvalue weighted by atomic mass is 32.2. The fourth-order valence-corrected chi connectivity index (χ4v) is 8.04. The maximum Gasteiger partial charge on any atom is 0.155 e. The molecule has 0 saturated heterocycles. The Morgan fingerprint density at radius 1 is 0.568 bits per heavy atom. The number of hydrogen-bond acceptors (Lipinski definition) is 8. The molecule has 1 aliphatic rings. The van der Waals surface area contributed by atoms with Crippen molar-refractivity contribution in [3.63, 3.8) is 0 Å². The number of rotatable bonds is 12. The van der Waals surface area contributed by atoms with E-state index >= 15 is 0 Å². The van der Waals surface area contributed by atoms with Crippen LogP contribution in [0.2, 0.25) is 0 Å². The van der Waals surface area contributed by atoms with Gasteiger partial charge in [-0.15, -0.1) is 0 Å². The van der Waals surface area contributed by atoms with Gasteiger partial charge in [-0.05, 0) is 64.7 Å². The second-order valence-corrected chi connectivity index (χ2v) is 12.9. The first-order valence-electron chi connectivity index (χ1n) is 14.2. The van der Waals surface area contributed by atoms with Crippen molar-refractivity contribution in [3.05, 3.63) is 107 Å². The average Bonchev–Trinajstić information content (AvgIpc) is 3.37. The molecule has 1 aliphatic carbocycles. The lowest BCUT2D eigenvalue weighted by Crippen LogP contribution is -2.21. The van der Waals surface area contributed by atoms with Gasteiger partial charge >= 0.3 is 0 Å². The van der Waals surface area contributed by atoms with Gasteiger partial charge in [0.25, 0.3) is 0 Å². The van der Waals surface area contributed by atoms with Crippen LogP contribution in [0, 0.1) is 0 Å². The molecule has 4 aromatic rings. The summed E-state index contributed by atoms with van der Waals surface area (Å²) in [5.41, 5.74) is 4.38. The zero-order valence-corrected chi connectivity index (χ0v) is 26.6. The van der Waals surface area contributed by atoms with Crippen molar-refractivity contribution < 1.29 is 36.8 Å². The maximum atomic E-state index is 14.0. The largest absolute Gasteiger partial charge is 0.497 e. The molecule has 1 unspecified atom stereocenters. The summed E-state index contributed by atoms with van der Waals surface area (Å²) in [5, 5.41) is 0. The molecule has 0 heterocycles. The molecule has 0 fully saturated rings. The molecule has 4 aromatic carbocycles. The van der Waals surface area contributed by atoms with Crippen LogP contribution >= 0.6 is 0 Å². The molecule has 0 saturated carbocycles. The molecule has 0 aliphatic heterocycles. The van der Waals surface area contributed by atoms with Gasteiger partial charge in [0.2, 0.25) is 0 Å². The Hall–Kier alpha value is -4.37. The summed E-state index contributed by atoms with van der Waals surface area (Å²) in [5.74, 6) is 2.65.